The predicted molar refractivity (Wildman–Crippen MR) is 105 cm³/mol. The zero-order valence-corrected chi connectivity index (χ0v) is 16.8. The smallest absolute Gasteiger partial charge is 0.294 e. The number of halogens is 1. The Labute approximate surface area is 166 Å². The van der Waals surface area contributed by atoms with Gasteiger partial charge in [0.1, 0.15) is 6.54 Å². The average molecular weight is 413 g/mol. The maximum Gasteiger partial charge on any atom is 0.294 e. The number of carbonyl (C=O) groups excluding carboxylic acids is 3. The van der Waals surface area contributed by atoms with Gasteiger partial charge in [-0.05, 0) is 48.4 Å². The Balaban J connectivity index is 2.17. The van der Waals surface area contributed by atoms with Crippen LogP contribution in [0.2, 0.25) is 5.02 Å². The Morgan fingerprint density at radius 2 is 2.11 bits per heavy atom. The van der Waals surface area contributed by atoms with Crippen LogP contribution < -0.4 is 10.1 Å². The van der Waals surface area contributed by atoms with Crippen LogP contribution in [-0.2, 0) is 9.59 Å². The second-order valence-corrected chi connectivity index (χ2v) is 7.65. The van der Waals surface area contributed by atoms with Crippen LogP contribution in [0.1, 0.15) is 26.3 Å². The summed E-state index contributed by atoms with van der Waals surface area (Å²) in [5, 5.41) is 12.1. The Bertz CT molecular complexity index is 794. The molecular weight excluding hydrogens is 392 g/mol. The maximum atomic E-state index is 12.5. The van der Waals surface area contributed by atoms with Crippen molar-refractivity contribution < 1.29 is 24.2 Å². The van der Waals surface area contributed by atoms with E-state index in [-0.39, 0.29) is 33.9 Å². The molecule has 0 saturated carbocycles. The van der Waals surface area contributed by atoms with Crippen molar-refractivity contribution >= 4 is 46.5 Å². The van der Waals surface area contributed by atoms with Gasteiger partial charge in [0.25, 0.3) is 11.1 Å². The number of nitrogens with zero attached hydrogens (tertiary/aromatic N) is 1. The average Bonchev–Trinajstić information content (AvgIpc) is 2.85. The van der Waals surface area contributed by atoms with Crippen molar-refractivity contribution in [3.63, 3.8) is 0 Å². The lowest BCUT2D eigenvalue weighted by Gasteiger charge is -2.13. The van der Waals surface area contributed by atoms with E-state index in [2.05, 4.69) is 5.32 Å². The highest BCUT2D eigenvalue weighted by atomic mass is 35.5. The fourth-order valence-electron chi connectivity index (χ4n) is 2.25. The molecule has 0 unspecified atom stereocenters. The Morgan fingerprint density at radius 1 is 1.41 bits per heavy atom. The molecule has 0 spiro atoms. The topological polar surface area (TPSA) is 95.9 Å². The predicted octanol–water partition coefficient (Wildman–Crippen LogP) is 3.25. The lowest BCUT2D eigenvalue weighted by molar-refractivity contribution is -0.129. The number of nitrogens with one attached hydrogen (secondary N) is 1. The zero-order chi connectivity index (χ0) is 20.1. The minimum Gasteiger partial charge on any atom is -0.503 e. The van der Waals surface area contributed by atoms with E-state index in [1.165, 1.54) is 18.2 Å². The molecule has 1 heterocycles. The van der Waals surface area contributed by atoms with E-state index in [9.17, 15) is 19.5 Å². The van der Waals surface area contributed by atoms with Gasteiger partial charge in [0, 0.05) is 6.54 Å². The number of phenols is 1. The van der Waals surface area contributed by atoms with Crippen molar-refractivity contribution in [2.24, 2.45) is 5.92 Å². The highest BCUT2D eigenvalue weighted by Crippen LogP contribution is 2.38. The molecule has 3 amide bonds. The van der Waals surface area contributed by atoms with Crippen molar-refractivity contribution in [3.05, 3.63) is 27.6 Å². The quantitative estimate of drug-likeness (QED) is 0.667. The minimum atomic E-state index is -0.549. The number of rotatable bonds is 7. The molecule has 1 fully saturated rings. The summed E-state index contributed by atoms with van der Waals surface area (Å²) >= 11 is 6.73. The van der Waals surface area contributed by atoms with Crippen LogP contribution in [0.4, 0.5) is 4.79 Å². The van der Waals surface area contributed by atoms with Gasteiger partial charge in [-0.3, -0.25) is 19.3 Å². The molecule has 7 nitrogen and oxygen atoms in total. The number of hydrogen-bond acceptors (Lipinski definition) is 6. The van der Waals surface area contributed by atoms with E-state index in [1.807, 2.05) is 13.8 Å². The van der Waals surface area contributed by atoms with Gasteiger partial charge in [-0.2, -0.15) is 0 Å². The summed E-state index contributed by atoms with van der Waals surface area (Å²) in [5.41, 5.74) is 0.496. The first kappa shape index (κ1) is 21.1. The summed E-state index contributed by atoms with van der Waals surface area (Å²) in [6.07, 6.45) is 1.48. The van der Waals surface area contributed by atoms with Gasteiger partial charge in [-0.25, -0.2) is 0 Å². The zero-order valence-electron chi connectivity index (χ0n) is 15.2. The molecule has 0 aromatic heterocycles. The molecule has 0 radical (unpaired) electrons. The maximum absolute atomic E-state index is 12.5. The molecule has 1 saturated heterocycles. The second kappa shape index (κ2) is 9.14. The fraction of sp³-hybridized carbons (Fsp3) is 0.389. The standard InChI is InChI=1S/C18H21ClN2O5S/c1-4-26-13-6-11(5-12(19)16(13)23)7-14-17(24)21(18(25)27-14)9-15(22)20-8-10(2)3/h5-7,10,23H,4,8-9H2,1-3H3,(H,20,22)/b14-7-. The van der Waals surface area contributed by atoms with E-state index in [0.717, 1.165) is 16.7 Å². The van der Waals surface area contributed by atoms with Gasteiger partial charge >= 0.3 is 0 Å². The van der Waals surface area contributed by atoms with Crippen LogP contribution in [0.25, 0.3) is 6.08 Å². The lowest BCUT2D eigenvalue weighted by Crippen LogP contribution is -2.40. The van der Waals surface area contributed by atoms with Gasteiger partial charge < -0.3 is 15.2 Å². The fourth-order valence-corrected chi connectivity index (χ4v) is 3.31. The molecule has 0 bridgehead atoms. The van der Waals surface area contributed by atoms with Crippen LogP contribution in [0.3, 0.4) is 0 Å². The molecule has 1 aromatic carbocycles. The number of carbonyl (C=O) groups is 3. The number of ether oxygens (including phenoxy) is 1. The first-order valence-electron chi connectivity index (χ1n) is 8.40. The summed E-state index contributed by atoms with van der Waals surface area (Å²) in [6, 6.07) is 2.98. The van der Waals surface area contributed by atoms with Gasteiger partial charge in [0.2, 0.25) is 5.91 Å². The lowest BCUT2D eigenvalue weighted by atomic mass is 10.2. The van der Waals surface area contributed by atoms with E-state index in [0.29, 0.717) is 18.7 Å². The SMILES string of the molecule is CCOc1cc(/C=C2\SC(=O)N(CC(=O)NCC(C)C)C2=O)cc(Cl)c1O. The first-order chi connectivity index (χ1) is 12.7. The van der Waals surface area contributed by atoms with E-state index >= 15 is 0 Å². The Kier molecular flexibility index (Phi) is 7.15. The number of amides is 3. The number of hydrogen-bond donors (Lipinski definition) is 2. The third-order valence-electron chi connectivity index (χ3n) is 3.53. The van der Waals surface area contributed by atoms with Crippen molar-refractivity contribution in [3.8, 4) is 11.5 Å². The minimum absolute atomic E-state index is 0.0690. The summed E-state index contributed by atoms with van der Waals surface area (Å²) in [7, 11) is 0. The van der Waals surface area contributed by atoms with E-state index < -0.39 is 17.1 Å². The molecular formula is C18H21ClN2O5S. The molecule has 1 aliphatic rings. The van der Waals surface area contributed by atoms with Gasteiger partial charge in [0.15, 0.2) is 11.5 Å². The van der Waals surface area contributed by atoms with Crippen LogP contribution in [0, 0.1) is 5.92 Å². The Hall–Kier alpha value is -2.19. The number of phenolic OH excluding ortho intramolecular Hbond substituents is 1. The van der Waals surface area contributed by atoms with Crippen LogP contribution in [0.5, 0.6) is 11.5 Å². The van der Waals surface area contributed by atoms with E-state index in [4.69, 9.17) is 16.3 Å². The molecule has 0 aliphatic carbocycles. The number of imide groups is 1. The first-order valence-corrected chi connectivity index (χ1v) is 9.59. The molecule has 27 heavy (non-hydrogen) atoms. The van der Waals surface area contributed by atoms with Crippen LogP contribution in [-0.4, -0.2) is 46.8 Å². The van der Waals surface area contributed by atoms with Crippen molar-refractivity contribution in [1.82, 2.24) is 10.2 Å². The monoisotopic (exact) mass is 412 g/mol. The van der Waals surface area contributed by atoms with Gasteiger partial charge in [0.05, 0.1) is 16.5 Å². The largest absolute Gasteiger partial charge is 0.503 e. The molecule has 1 aromatic rings. The number of aromatic hydroxyl groups is 1. The second-order valence-electron chi connectivity index (χ2n) is 6.25. The van der Waals surface area contributed by atoms with Crippen LogP contribution in [0.15, 0.2) is 17.0 Å². The highest BCUT2D eigenvalue weighted by Gasteiger charge is 2.36. The van der Waals surface area contributed by atoms with Crippen molar-refractivity contribution in [2.75, 3.05) is 19.7 Å². The number of thioether (sulfide) groups is 1. The normalized spacial score (nSPS) is 15.7. The molecule has 1 aliphatic heterocycles. The third kappa shape index (κ3) is 5.40. The number of benzene rings is 1. The molecule has 2 N–H and O–H groups in total. The molecule has 9 heteroatoms. The van der Waals surface area contributed by atoms with Gasteiger partial charge in [-0.1, -0.05) is 25.4 Å². The van der Waals surface area contributed by atoms with Crippen LogP contribution >= 0.6 is 23.4 Å². The summed E-state index contributed by atoms with van der Waals surface area (Å²) in [4.78, 5) is 37.6. The molecule has 146 valence electrons. The summed E-state index contributed by atoms with van der Waals surface area (Å²) in [5.74, 6) is -0.679. The van der Waals surface area contributed by atoms with Crippen molar-refractivity contribution in [2.45, 2.75) is 20.8 Å². The third-order valence-corrected chi connectivity index (χ3v) is 4.73. The molecule has 2 rings (SSSR count). The molecule has 0 atom stereocenters. The highest BCUT2D eigenvalue weighted by molar-refractivity contribution is 8.18. The van der Waals surface area contributed by atoms with Crippen molar-refractivity contribution in [1.29, 1.82) is 0 Å². The van der Waals surface area contributed by atoms with E-state index in [1.54, 1.807) is 6.92 Å². The summed E-state index contributed by atoms with van der Waals surface area (Å²) in [6.45, 7) is 6.13. The Morgan fingerprint density at radius 3 is 2.74 bits per heavy atom. The van der Waals surface area contributed by atoms with Gasteiger partial charge in [-0.15, -0.1) is 0 Å². The summed E-state index contributed by atoms with van der Waals surface area (Å²) < 4.78 is 5.30.